The number of aromatic nitrogens is 2. The fourth-order valence-electron chi connectivity index (χ4n) is 2.51. The minimum atomic E-state index is -0.0248. The summed E-state index contributed by atoms with van der Waals surface area (Å²) in [5.41, 5.74) is 0. The molecule has 0 fully saturated rings. The molecule has 0 aliphatic heterocycles. The van der Waals surface area contributed by atoms with Gasteiger partial charge in [0.1, 0.15) is 0 Å². The van der Waals surface area contributed by atoms with Gasteiger partial charge >= 0.3 is 0 Å². The molecular formula is C18H30ClN3O. The SMILES string of the molecule is CCCCCCCCCCCCCC(=O)Nc1ncc(Cl)cn1. The lowest BCUT2D eigenvalue weighted by molar-refractivity contribution is -0.116. The monoisotopic (exact) mass is 339 g/mol. The molecule has 1 heterocycles. The van der Waals surface area contributed by atoms with Gasteiger partial charge in [-0.25, -0.2) is 9.97 Å². The molecule has 4 nitrogen and oxygen atoms in total. The Kier molecular flexibility index (Phi) is 11.5. The largest absolute Gasteiger partial charge is 0.295 e. The molecule has 1 aromatic heterocycles. The van der Waals surface area contributed by atoms with Crippen molar-refractivity contribution >= 4 is 23.5 Å². The number of nitrogens with zero attached hydrogens (tertiary/aromatic N) is 2. The number of halogens is 1. The van der Waals surface area contributed by atoms with Gasteiger partial charge in [-0.15, -0.1) is 0 Å². The summed E-state index contributed by atoms with van der Waals surface area (Å²) in [6.45, 7) is 2.25. The first-order valence-corrected chi connectivity index (χ1v) is 9.37. The fraction of sp³-hybridized carbons (Fsp3) is 0.722. The third kappa shape index (κ3) is 11.1. The van der Waals surface area contributed by atoms with Gasteiger partial charge < -0.3 is 0 Å². The quantitative estimate of drug-likeness (QED) is 0.464. The van der Waals surface area contributed by atoms with Crippen LogP contribution >= 0.6 is 11.6 Å². The Bertz CT molecular complexity index is 423. The number of anilines is 1. The van der Waals surface area contributed by atoms with Gasteiger partial charge in [-0.05, 0) is 6.42 Å². The minimum absolute atomic E-state index is 0.0248. The smallest absolute Gasteiger partial charge is 0.229 e. The Labute approximate surface area is 145 Å². The van der Waals surface area contributed by atoms with Crippen molar-refractivity contribution < 1.29 is 4.79 Å². The summed E-state index contributed by atoms with van der Waals surface area (Å²) in [4.78, 5) is 19.6. The highest BCUT2D eigenvalue weighted by molar-refractivity contribution is 6.30. The van der Waals surface area contributed by atoms with Crippen molar-refractivity contribution in [1.29, 1.82) is 0 Å². The molecule has 0 unspecified atom stereocenters. The number of carbonyl (C=O) groups excluding carboxylic acids is 1. The molecule has 1 aromatic rings. The van der Waals surface area contributed by atoms with E-state index in [1.165, 1.54) is 70.2 Å². The lowest BCUT2D eigenvalue weighted by atomic mass is 10.1. The maximum atomic E-state index is 11.7. The molecule has 5 heteroatoms. The molecule has 0 radical (unpaired) electrons. The minimum Gasteiger partial charge on any atom is -0.295 e. The Morgan fingerprint density at radius 1 is 0.913 bits per heavy atom. The summed E-state index contributed by atoms with van der Waals surface area (Å²) < 4.78 is 0. The topological polar surface area (TPSA) is 54.9 Å². The summed E-state index contributed by atoms with van der Waals surface area (Å²) in [6.07, 6.45) is 17.6. The molecule has 23 heavy (non-hydrogen) atoms. The molecule has 0 atom stereocenters. The average molecular weight is 340 g/mol. The first-order valence-electron chi connectivity index (χ1n) is 8.99. The summed E-state index contributed by atoms with van der Waals surface area (Å²) in [5, 5.41) is 3.15. The van der Waals surface area contributed by atoms with Crippen molar-refractivity contribution in [3.63, 3.8) is 0 Å². The number of unbranched alkanes of at least 4 members (excludes halogenated alkanes) is 10. The van der Waals surface area contributed by atoms with Crippen molar-refractivity contribution in [2.75, 3.05) is 5.32 Å². The lowest BCUT2D eigenvalue weighted by Crippen LogP contribution is -2.13. The lowest BCUT2D eigenvalue weighted by Gasteiger charge is -2.04. The maximum absolute atomic E-state index is 11.7. The van der Waals surface area contributed by atoms with Gasteiger partial charge in [-0.3, -0.25) is 10.1 Å². The van der Waals surface area contributed by atoms with Crippen LogP contribution in [0.1, 0.15) is 84.0 Å². The van der Waals surface area contributed by atoms with Crippen LogP contribution in [-0.2, 0) is 4.79 Å². The van der Waals surface area contributed by atoms with E-state index >= 15 is 0 Å². The Hall–Kier alpha value is -1.16. The summed E-state index contributed by atoms with van der Waals surface area (Å²) >= 11 is 5.70. The van der Waals surface area contributed by atoms with E-state index < -0.39 is 0 Å². The normalized spacial score (nSPS) is 10.7. The van der Waals surface area contributed by atoms with Gasteiger partial charge in [-0.2, -0.15) is 0 Å². The molecule has 130 valence electrons. The maximum Gasteiger partial charge on any atom is 0.229 e. The predicted octanol–water partition coefficient (Wildman–Crippen LogP) is 5.77. The Morgan fingerprint density at radius 2 is 1.39 bits per heavy atom. The second kappa shape index (κ2) is 13.3. The Balaban J connectivity index is 1.90. The number of amides is 1. The van der Waals surface area contributed by atoms with E-state index in [4.69, 9.17) is 11.6 Å². The van der Waals surface area contributed by atoms with Crippen LogP contribution in [-0.4, -0.2) is 15.9 Å². The second-order valence-electron chi connectivity index (χ2n) is 6.06. The van der Waals surface area contributed by atoms with Gasteiger partial charge in [0.05, 0.1) is 17.4 Å². The molecule has 0 spiro atoms. The zero-order valence-corrected chi connectivity index (χ0v) is 15.1. The second-order valence-corrected chi connectivity index (χ2v) is 6.50. The predicted molar refractivity (Wildman–Crippen MR) is 96.7 cm³/mol. The van der Waals surface area contributed by atoms with E-state index in [9.17, 15) is 4.79 Å². The van der Waals surface area contributed by atoms with Gasteiger partial charge in [-0.1, -0.05) is 82.7 Å². The van der Waals surface area contributed by atoms with Crippen LogP contribution in [0.2, 0.25) is 5.02 Å². The van der Waals surface area contributed by atoms with Crippen molar-refractivity contribution in [3.05, 3.63) is 17.4 Å². The summed E-state index contributed by atoms with van der Waals surface area (Å²) in [5.74, 6) is 0.297. The van der Waals surface area contributed by atoms with Crippen LogP contribution in [0.15, 0.2) is 12.4 Å². The number of carbonyl (C=O) groups is 1. The summed E-state index contributed by atoms with van der Waals surface area (Å²) in [7, 11) is 0. The zero-order chi connectivity index (χ0) is 16.8. The van der Waals surface area contributed by atoms with Crippen LogP contribution in [0, 0.1) is 0 Å². The third-order valence-corrected chi connectivity index (χ3v) is 4.07. The first-order chi connectivity index (χ1) is 11.2. The molecule has 0 saturated carbocycles. The van der Waals surface area contributed by atoms with E-state index in [0.717, 1.165) is 12.8 Å². The van der Waals surface area contributed by atoms with Crippen LogP contribution in [0.5, 0.6) is 0 Å². The number of hydrogen-bond acceptors (Lipinski definition) is 3. The third-order valence-electron chi connectivity index (χ3n) is 3.88. The molecule has 1 amide bonds. The van der Waals surface area contributed by atoms with Crippen molar-refractivity contribution in [2.24, 2.45) is 0 Å². The molecular weight excluding hydrogens is 310 g/mol. The molecule has 1 rings (SSSR count). The summed E-state index contributed by atoms with van der Waals surface area (Å²) in [6, 6.07) is 0. The van der Waals surface area contributed by atoms with Gasteiger partial charge in [0.2, 0.25) is 11.9 Å². The molecule has 0 aliphatic carbocycles. The van der Waals surface area contributed by atoms with Gasteiger partial charge in [0.15, 0.2) is 0 Å². The van der Waals surface area contributed by atoms with Crippen LogP contribution in [0.3, 0.4) is 0 Å². The highest BCUT2D eigenvalue weighted by atomic mass is 35.5. The van der Waals surface area contributed by atoms with Crippen molar-refractivity contribution in [3.8, 4) is 0 Å². The van der Waals surface area contributed by atoms with Crippen molar-refractivity contribution in [1.82, 2.24) is 9.97 Å². The fourth-order valence-corrected chi connectivity index (χ4v) is 2.61. The van der Waals surface area contributed by atoms with Gasteiger partial charge in [0, 0.05) is 6.42 Å². The van der Waals surface area contributed by atoms with Crippen LogP contribution in [0.25, 0.3) is 0 Å². The van der Waals surface area contributed by atoms with E-state index in [-0.39, 0.29) is 5.91 Å². The zero-order valence-electron chi connectivity index (χ0n) is 14.3. The molecule has 1 N–H and O–H groups in total. The van der Waals surface area contributed by atoms with Gasteiger partial charge in [0.25, 0.3) is 0 Å². The van der Waals surface area contributed by atoms with Crippen LogP contribution in [0.4, 0.5) is 5.95 Å². The molecule has 0 bridgehead atoms. The first kappa shape index (κ1) is 19.9. The number of rotatable bonds is 13. The van der Waals surface area contributed by atoms with E-state index in [0.29, 0.717) is 17.4 Å². The van der Waals surface area contributed by atoms with Crippen LogP contribution < -0.4 is 5.32 Å². The molecule has 0 aliphatic rings. The highest BCUT2D eigenvalue weighted by Gasteiger charge is 2.04. The standard InChI is InChI=1S/C18H30ClN3O/c1-2-3-4-5-6-7-8-9-10-11-12-13-17(23)22-18-20-14-16(19)15-21-18/h14-15H,2-13H2,1H3,(H,20,21,22,23). The number of nitrogens with one attached hydrogen (secondary N) is 1. The van der Waals surface area contributed by atoms with E-state index in [1.807, 2.05) is 0 Å². The van der Waals surface area contributed by atoms with Crippen molar-refractivity contribution in [2.45, 2.75) is 84.0 Å². The van der Waals surface area contributed by atoms with E-state index in [1.54, 1.807) is 0 Å². The number of hydrogen-bond donors (Lipinski definition) is 1. The molecule has 0 aromatic carbocycles. The highest BCUT2D eigenvalue weighted by Crippen LogP contribution is 2.12. The average Bonchev–Trinajstić information content (AvgIpc) is 2.55. The Morgan fingerprint density at radius 3 is 1.91 bits per heavy atom. The van der Waals surface area contributed by atoms with E-state index in [2.05, 4.69) is 22.2 Å². The molecule has 0 saturated heterocycles.